The van der Waals surface area contributed by atoms with Gasteiger partial charge in [0, 0.05) is 6.54 Å². The first-order valence-electron chi connectivity index (χ1n) is 6.71. The largest absolute Gasteiger partial charge is 0.443 e. The molecule has 1 rings (SSSR count). The molecule has 0 aromatic heterocycles. The summed E-state index contributed by atoms with van der Waals surface area (Å²) in [5.41, 5.74) is -0.693. The first-order chi connectivity index (χ1) is 8.50. The van der Waals surface area contributed by atoms with E-state index in [4.69, 9.17) is 4.74 Å². The SMILES string of the molecule is CC1CCCC1CN(C(=O)OC(C)(C)C)S(C)(=O)=O. The number of carbonyl (C=O) groups is 1. The maximum absolute atomic E-state index is 12.0. The van der Waals surface area contributed by atoms with Crippen LogP contribution in [0.2, 0.25) is 0 Å². The van der Waals surface area contributed by atoms with Crippen molar-refractivity contribution in [3.63, 3.8) is 0 Å². The molecule has 2 atom stereocenters. The number of amides is 1. The summed E-state index contributed by atoms with van der Waals surface area (Å²) in [7, 11) is -3.59. The van der Waals surface area contributed by atoms with Crippen molar-refractivity contribution in [2.24, 2.45) is 11.8 Å². The molecule has 0 bridgehead atoms. The molecule has 0 aliphatic heterocycles. The Morgan fingerprint density at radius 1 is 1.32 bits per heavy atom. The van der Waals surface area contributed by atoms with Gasteiger partial charge < -0.3 is 4.74 Å². The molecule has 2 unspecified atom stereocenters. The van der Waals surface area contributed by atoms with Gasteiger partial charge in [-0.1, -0.05) is 19.8 Å². The van der Waals surface area contributed by atoms with Crippen molar-refractivity contribution >= 4 is 16.1 Å². The summed E-state index contributed by atoms with van der Waals surface area (Å²) < 4.78 is 29.6. The third-order valence-corrected chi connectivity index (χ3v) is 4.54. The topological polar surface area (TPSA) is 63.7 Å². The van der Waals surface area contributed by atoms with Gasteiger partial charge in [0.1, 0.15) is 5.60 Å². The van der Waals surface area contributed by atoms with Gasteiger partial charge in [0.05, 0.1) is 6.26 Å². The Bertz CT molecular complexity index is 424. The summed E-state index contributed by atoms with van der Waals surface area (Å²) >= 11 is 0. The lowest BCUT2D eigenvalue weighted by molar-refractivity contribution is 0.0368. The molecule has 1 saturated carbocycles. The zero-order valence-electron chi connectivity index (χ0n) is 12.5. The molecular formula is C13H25NO4S. The molecule has 0 heterocycles. The Labute approximate surface area is 116 Å². The van der Waals surface area contributed by atoms with Crippen molar-refractivity contribution in [2.45, 2.75) is 52.6 Å². The van der Waals surface area contributed by atoms with Gasteiger partial charge in [-0.05, 0) is 39.0 Å². The number of carbonyl (C=O) groups excluding carboxylic acids is 1. The Morgan fingerprint density at radius 3 is 2.26 bits per heavy atom. The second-order valence-corrected chi connectivity index (χ2v) is 8.35. The van der Waals surface area contributed by atoms with E-state index in [0.29, 0.717) is 5.92 Å². The maximum Gasteiger partial charge on any atom is 0.424 e. The van der Waals surface area contributed by atoms with Gasteiger partial charge >= 0.3 is 6.09 Å². The molecule has 0 spiro atoms. The fraction of sp³-hybridized carbons (Fsp3) is 0.923. The predicted molar refractivity (Wildman–Crippen MR) is 74.3 cm³/mol. The Balaban J connectivity index is 2.81. The van der Waals surface area contributed by atoms with Crippen LogP contribution < -0.4 is 0 Å². The van der Waals surface area contributed by atoms with Crippen LogP contribution in [0.15, 0.2) is 0 Å². The highest BCUT2D eigenvalue weighted by Crippen LogP contribution is 2.32. The van der Waals surface area contributed by atoms with Crippen LogP contribution in [-0.4, -0.2) is 37.2 Å². The normalized spacial score (nSPS) is 24.3. The average molecular weight is 291 g/mol. The van der Waals surface area contributed by atoms with Crippen LogP contribution >= 0.6 is 0 Å². The minimum atomic E-state index is -3.59. The molecule has 112 valence electrons. The summed E-state index contributed by atoms with van der Waals surface area (Å²) in [6.07, 6.45) is 3.44. The van der Waals surface area contributed by atoms with Crippen LogP contribution in [0.3, 0.4) is 0 Å². The summed E-state index contributed by atoms with van der Waals surface area (Å²) in [6, 6.07) is 0. The minimum Gasteiger partial charge on any atom is -0.443 e. The third-order valence-electron chi connectivity index (χ3n) is 3.44. The first-order valence-corrected chi connectivity index (χ1v) is 8.56. The smallest absolute Gasteiger partial charge is 0.424 e. The number of rotatable bonds is 3. The van der Waals surface area contributed by atoms with Gasteiger partial charge in [-0.2, -0.15) is 0 Å². The number of hydrogen-bond donors (Lipinski definition) is 0. The zero-order valence-corrected chi connectivity index (χ0v) is 13.3. The minimum absolute atomic E-state index is 0.231. The Kier molecular flexibility index (Phi) is 4.87. The quantitative estimate of drug-likeness (QED) is 0.802. The van der Waals surface area contributed by atoms with Gasteiger partial charge in [0.25, 0.3) is 0 Å². The molecule has 0 saturated heterocycles. The molecule has 1 aliphatic rings. The molecule has 6 heteroatoms. The Hall–Kier alpha value is -0.780. The van der Waals surface area contributed by atoms with E-state index in [1.165, 1.54) is 0 Å². The van der Waals surface area contributed by atoms with Gasteiger partial charge in [-0.25, -0.2) is 17.5 Å². The zero-order chi connectivity index (χ0) is 14.8. The van der Waals surface area contributed by atoms with Crippen LogP contribution in [-0.2, 0) is 14.8 Å². The van der Waals surface area contributed by atoms with Gasteiger partial charge in [-0.15, -0.1) is 0 Å². The highest BCUT2D eigenvalue weighted by atomic mass is 32.2. The summed E-state index contributed by atoms with van der Waals surface area (Å²) in [6.45, 7) is 7.51. The fourth-order valence-corrected chi connectivity index (χ4v) is 3.13. The number of hydrogen-bond acceptors (Lipinski definition) is 4. The second-order valence-electron chi connectivity index (χ2n) is 6.44. The van der Waals surface area contributed by atoms with Crippen molar-refractivity contribution < 1.29 is 17.9 Å². The molecule has 1 aliphatic carbocycles. The van der Waals surface area contributed by atoms with E-state index in [9.17, 15) is 13.2 Å². The number of sulfonamides is 1. The molecule has 19 heavy (non-hydrogen) atoms. The van der Waals surface area contributed by atoms with Crippen molar-refractivity contribution in [1.82, 2.24) is 4.31 Å². The number of nitrogens with zero attached hydrogens (tertiary/aromatic N) is 1. The molecule has 0 N–H and O–H groups in total. The summed E-state index contributed by atoms with van der Waals surface area (Å²) in [4.78, 5) is 12.0. The number of ether oxygens (including phenoxy) is 1. The standard InChI is InChI=1S/C13H25NO4S/c1-10-7-6-8-11(10)9-14(19(5,16)17)12(15)18-13(2,3)4/h10-11H,6-9H2,1-5H3. The van der Waals surface area contributed by atoms with E-state index in [-0.39, 0.29) is 12.5 Å². The van der Waals surface area contributed by atoms with Crippen molar-refractivity contribution in [3.8, 4) is 0 Å². The van der Waals surface area contributed by atoms with Crippen LogP contribution in [0.4, 0.5) is 4.79 Å². The summed E-state index contributed by atoms with van der Waals surface area (Å²) in [5.74, 6) is 0.689. The molecule has 0 aromatic carbocycles. The first kappa shape index (κ1) is 16.3. The van der Waals surface area contributed by atoms with Gasteiger partial charge in [0.15, 0.2) is 0 Å². The lowest BCUT2D eigenvalue weighted by Gasteiger charge is -2.28. The predicted octanol–water partition coefficient (Wildman–Crippen LogP) is 2.62. The van der Waals surface area contributed by atoms with E-state index in [1.54, 1.807) is 20.8 Å². The molecular weight excluding hydrogens is 266 g/mol. The van der Waals surface area contributed by atoms with Crippen LogP contribution in [0.5, 0.6) is 0 Å². The molecule has 1 amide bonds. The third kappa shape index (κ3) is 5.01. The van der Waals surface area contributed by atoms with Gasteiger partial charge in [0.2, 0.25) is 10.0 Å². The van der Waals surface area contributed by atoms with E-state index in [0.717, 1.165) is 29.8 Å². The average Bonchev–Trinajstić information content (AvgIpc) is 2.55. The fourth-order valence-electron chi connectivity index (χ4n) is 2.36. The van der Waals surface area contributed by atoms with Crippen LogP contribution in [0, 0.1) is 11.8 Å². The Morgan fingerprint density at radius 2 is 1.89 bits per heavy atom. The van der Waals surface area contributed by atoms with E-state index in [1.807, 2.05) is 0 Å². The van der Waals surface area contributed by atoms with Crippen molar-refractivity contribution in [1.29, 1.82) is 0 Å². The lowest BCUT2D eigenvalue weighted by Crippen LogP contribution is -2.43. The van der Waals surface area contributed by atoms with Crippen LogP contribution in [0.1, 0.15) is 47.0 Å². The molecule has 0 aromatic rings. The van der Waals surface area contributed by atoms with E-state index in [2.05, 4.69) is 6.92 Å². The second kappa shape index (κ2) is 5.69. The highest BCUT2D eigenvalue weighted by Gasteiger charge is 2.34. The maximum atomic E-state index is 12.0. The molecule has 0 radical (unpaired) electrons. The lowest BCUT2D eigenvalue weighted by atomic mass is 9.98. The van der Waals surface area contributed by atoms with Crippen molar-refractivity contribution in [3.05, 3.63) is 0 Å². The van der Waals surface area contributed by atoms with E-state index < -0.39 is 21.7 Å². The van der Waals surface area contributed by atoms with Crippen molar-refractivity contribution in [2.75, 3.05) is 12.8 Å². The monoisotopic (exact) mass is 291 g/mol. The molecule has 1 fully saturated rings. The molecule has 5 nitrogen and oxygen atoms in total. The van der Waals surface area contributed by atoms with Gasteiger partial charge in [-0.3, -0.25) is 0 Å². The summed E-state index contributed by atoms with van der Waals surface area (Å²) in [5, 5.41) is 0. The highest BCUT2D eigenvalue weighted by molar-refractivity contribution is 7.88. The van der Waals surface area contributed by atoms with E-state index >= 15 is 0 Å². The van der Waals surface area contributed by atoms with Crippen LogP contribution in [0.25, 0.3) is 0 Å².